The average molecular weight is 555 g/mol. The molecule has 1 aliphatic rings. The first kappa shape index (κ1) is 26.5. The Balaban J connectivity index is 1.22. The number of ether oxygens (including phenoxy) is 2. The van der Waals surface area contributed by atoms with Gasteiger partial charge in [0.25, 0.3) is 0 Å². The van der Waals surface area contributed by atoms with Crippen LogP contribution in [0.2, 0.25) is 0 Å². The number of esters is 1. The fraction of sp³-hybridized carbons (Fsp3) is 0.0571. The molecule has 7 nitrogen and oxygen atoms in total. The molecule has 0 saturated heterocycles. The van der Waals surface area contributed by atoms with E-state index in [-0.39, 0.29) is 11.3 Å². The van der Waals surface area contributed by atoms with Crippen LogP contribution in [-0.4, -0.2) is 24.9 Å². The van der Waals surface area contributed by atoms with Gasteiger partial charge >= 0.3 is 12.0 Å². The van der Waals surface area contributed by atoms with E-state index in [1.54, 1.807) is 30.3 Å². The molecule has 5 aromatic rings. The van der Waals surface area contributed by atoms with Crippen molar-refractivity contribution in [3.8, 4) is 16.9 Å². The fourth-order valence-corrected chi connectivity index (χ4v) is 5.09. The molecular weight excluding hydrogens is 528 g/mol. The first-order chi connectivity index (χ1) is 20.5. The van der Waals surface area contributed by atoms with E-state index in [2.05, 4.69) is 10.6 Å². The van der Waals surface area contributed by atoms with E-state index in [0.29, 0.717) is 28.3 Å². The van der Waals surface area contributed by atoms with Crippen LogP contribution in [0, 0.1) is 0 Å². The van der Waals surface area contributed by atoms with E-state index >= 15 is 0 Å². The predicted molar refractivity (Wildman–Crippen MR) is 161 cm³/mol. The van der Waals surface area contributed by atoms with Crippen molar-refractivity contribution < 1.29 is 23.9 Å². The van der Waals surface area contributed by atoms with Gasteiger partial charge in [-0.05, 0) is 52.6 Å². The molecule has 206 valence electrons. The maximum atomic E-state index is 12.9. The number of rotatable bonds is 7. The molecule has 0 saturated carbocycles. The highest BCUT2D eigenvalue weighted by molar-refractivity contribution is 6.22. The van der Waals surface area contributed by atoms with Crippen LogP contribution in [0.4, 0.5) is 16.2 Å². The van der Waals surface area contributed by atoms with E-state index in [0.717, 1.165) is 22.3 Å². The number of ketones is 1. The van der Waals surface area contributed by atoms with Gasteiger partial charge in [-0.25, -0.2) is 9.59 Å². The van der Waals surface area contributed by atoms with Gasteiger partial charge in [-0.3, -0.25) is 4.79 Å². The quantitative estimate of drug-likeness (QED) is 0.199. The third-order valence-corrected chi connectivity index (χ3v) is 7.08. The molecule has 5 aromatic carbocycles. The minimum Gasteiger partial charge on any atom is -0.480 e. The Labute approximate surface area is 242 Å². The van der Waals surface area contributed by atoms with Crippen LogP contribution in [0.3, 0.4) is 0 Å². The monoisotopic (exact) mass is 554 g/mol. The minimum absolute atomic E-state index is 0.0766. The maximum Gasteiger partial charge on any atom is 0.341 e. The number of carbonyl (C=O) groups excluding carboxylic acids is 3. The summed E-state index contributed by atoms with van der Waals surface area (Å²) in [6, 6.07) is 36.3. The second-order valence-corrected chi connectivity index (χ2v) is 9.74. The number of benzene rings is 5. The second kappa shape index (κ2) is 11.4. The van der Waals surface area contributed by atoms with E-state index in [9.17, 15) is 14.4 Å². The molecule has 1 aliphatic carbocycles. The molecule has 2 N–H and O–H groups in total. The largest absolute Gasteiger partial charge is 0.480 e. The van der Waals surface area contributed by atoms with Crippen LogP contribution in [0.5, 0.6) is 5.75 Å². The number of urea groups is 1. The lowest BCUT2D eigenvalue weighted by Gasteiger charge is -2.22. The Morgan fingerprint density at radius 3 is 1.81 bits per heavy atom. The third kappa shape index (κ3) is 5.23. The Kier molecular flexibility index (Phi) is 7.22. The Morgan fingerprint density at radius 2 is 1.17 bits per heavy atom. The third-order valence-electron chi connectivity index (χ3n) is 7.08. The van der Waals surface area contributed by atoms with Gasteiger partial charge < -0.3 is 20.1 Å². The first-order valence-corrected chi connectivity index (χ1v) is 13.4. The normalized spacial score (nSPS) is 11.4. The van der Waals surface area contributed by atoms with Crippen molar-refractivity contribution in [3.05, 3.63) is 149 Å². The molecule has 2 amide bonds. The zero-order valence-corrected chi connectivity index (χ0v) is 22.7. The number of methoxy groups -OCH3 is 1. The van der Waals surface area contributed by atoms with Crippen LogP contribution in [-0.2, 0) is 4.74 Å². The van der Waals surface area contributed by atoms with Gasteiger partial charge in [0.05, 0.1) is 7.11 Å². The number of amides is 2. The zero-order valence-electron chi connectivity index (χ0n) is 22.7. The summed E-state index contributed by atoms with van der Waals surface area (Å²) in [5.74, 6) is -0.375. The highest BCUT2D eigenvalue weighted by Gasteiger charge is 2.26. The maximum absolute atomic E-state index is 12.9. The van der Waals surface area contributed by atoms with Crippen LogP contribution >= 0.6 is 0 Å². The molecule has 0 unspecified atom stereocenters. The van der Waals surface area contributed by atoms with E-state index in [4.69, 9.17) is 9.47 Å². The molecule has 0 bridgehead atoms. The molecule has 0 fully saturated rings. The zero-order chi connectivity index (χ0) is 29.1. The average Bonchev–Trinajstić information content (AvgIpc) is 3.31. The van der Waals surface area contributed by atoms with E-state index < -0.39 is 18.1 Å². The van der Waals surface area contributed by atoms with Gasteiger partial charge in [0.1, 0.15) is 17.4 Å². The standard InChI is InChI=1S/C35H26N2O5/c1-41-34(39)30-21-25(17-19-31(30)42-33(22-10-4-2-5-11-22)23-12-6-3-7-13-23)37-35(40)36-24-16-18-27-26-14-8-9-15-28(26)32(38)29(27)20-24/h2-21,33H,1H3,(H2,36,37,40). The summed E-state index contributed by atoms with van der Waals surface area (Å²) in [6.07, 6.45) is -0.480. The molecule has 42 heavy (non-hydrogen) atoms. The molecule has 0 aromatic heterocycles. The van der Waals surface area contributed by atoms with Crippen molar-refractivity contribution in [2.24, 2.45) is 0 Å². The van der Waals surface area contributed by atoms with Crippen molar-refractivity contribution in [2.45, 2.75) is 6.10 Å². The molecule has 0 atom stereocenters. The number of anilines is 2. The van der Waals surface area contributed by atoms with Gasteiger partial charge in [-0.1, -0.05) is 91.0 Å². The highest BCUT2D eigenvalue weighted by Crippen LogP contribution is 2.38. The molecule has 6 rings (SSSR count). The second-order valence-electron chi connectivity index (χ2n) is 9.74. The van der Waals surface area contributed by atoms with Crippen molar-refractivity contribution in [1.82, 2.24) is 0 Å². The Morgan fingerprint density at radius 1 is 0.619 bits per heavy atom. The summed E-state index contributed by atoms with van der Waals surface area (Å²) in [6.45, 7) is 0. The Bertz CT molecular complexity index is 1760. The first-order valence-electron chi connectivity index (χ1n) is 13.4. The summed E-state index contributed by atoms with van der Waals surface area (Å²) in [4.78, 5) is 38.6. The van der Waals surface area contributed by atoms with Gasteiger partial charge in [0.15, 0.2) is 5.78 Å². The van der Waals surface area contributed by atoms with Gasteiger partial charge in [0.2, 0.25) is 0 Å². The van der Waals surface area contributed by atoms with Crippen LogP contribution in [0.15, 0.2) is 121 Å². The topological polar surface area (TPSA) is 93.7 Å². The van der Waals surface area contributed by atoms with Crippen molar-refractivity contribution >= 4 is 29.2 Å². The van der Waals surface area contributed by atoms with E-state index in [1.807, 2.05) is 84.9 Å². The van der Waals surface area contributed by atoms with Crippen molar-refractivity contribution in [1.29, 1.82) is 0 Å². The van der Waals surface area contributed by atoms with Crippen LogP contribution < -0.4 is 15.4 Å². The SMILES string of the molecule is COC(=O)c1cc(NC(=O)Nc2ccc3c(c2)C(=O)c2ccccc2-3)ccc1OC(c1ccccc1)c1ccccc1. The van der Waals surface area contributed by atoms with E-state index in [1.165, 1.54) is 13.2 Å². The molecule has 0 aliphatic heterocycles. The number of hydrogen-bond acceptors (Lipinski definition) is 5. The van der Waals surface area contributed by atoms with Crippen molar-refractivity contribution in [2.75, 3.05) is 17.7 Å². The number of fused-ring (bicyclic) bond motifs is 3. The summed E-state index contributed by atoms with van der Waals surface area (Å²) < 4.78 is 11.4. The summed E-state index contributed by atoms with van der Waals surface area (Å²) in [7, 11) is 1.29. The van der Waals surface area contributed by atoms with Crippen LogP contribution in [0.1, 0.15) is 43.5 Å². The Hall–Kier alpha value is -5.69. The van der Waals surface area contributed by atoms with Gasteiger partial charge in [0, 0.05) is 22.5 Å². The van der Waals surface area contributed by atoms with Gasteiger partial charge in [-0.15, -0.1) is 0 Å². The lowest BCUT2D eigenvalue weighted by Crippen LogP contribution is -2.20. The summed E-state index contributed by atoms with van der Waals surface area (Å²) >= 11 is 0. The molecule has 0 radical (unpaired) electrons. The number of nitrogens with one attached hydrogen (secondary N) is 2. The molecule has 0 heterocycles. The molecule has 0 spiro atoms. The number of carbonyl (C=O) groups is 3. The smallest absolute Gasteiger partial charge is 0.341 e. The number of hydrogen-bond donors (Lipinski definition) is 2. The van der Waals surface area contributed by atoms with Gasteiger partial charge in [-0.2, -0.15) is 0 Å². The fourth-order valence-electron chi connectivity index (χ4n) is 5.09. The van der Waals surface area contributed by atoms with Crippen LogP contribution in [0.25, 0.3) is 11.1 Å². The summed E-state index contributed by atoms with van der Waals surface area (Å²) in [5.41, 5.74) is 5.72. The molecular formula is C35H26N2O5. The molecule has 7 heteroatoms. The summed E-state index contributed by atoms with van der Waals surface area (Å²) in [5, 5.41) is 5.52. The lowest BCUT2D eigenvalue weighted by atomic mass is 10.0. The minimum atomic E-state index is -0.606. The van der Waals surface area contributed by atoms with Crippen molar-refractivity contribution in [3.63, 3.8) is 0 Å². The lowest BCUT2D eigenvalue weighted by molar-refractivity contribution is 0.0594. The predicted octanol–water partition coefficient (Wildman–Crippen LogP) is 7.50. The highest BCUT2D eigenvalue weighted by atomic mass is 16.5.